The molecule has 1 saturated heterocycles. The molecule has 32 heteroatoms. The van der Waals surface area contributed by atoms with E-state index in [4.69, 9.17) is 25.7 Å². The highest BCUT2D eigenvalue weighted by molar-refractivity contribution is 8.76. The fourth-order valence-electron chi connectivity index (χ4n) is 9.17. The Kier molecular flexibility index (Phi) is 33.3. The van der Waals surface area contributed by atoms with Crippen molar-refractivity contribution in [2.75, 3.05) is 45.0 Å². The number of carbonyl (C=O) groups excluding carboxylic acids is 11. The van der Waals surface area contributed by atoms with E-state index < -0.39 is 133 Å². The predicted octanol–water partition coefficient (Wildman–Crippen LogP) is 1.91. The van der Waals surface area contributed by atoms with Gasteiger partial charge in [0.1, 0.15) is 47.2 Å². The van der Waals surface area contributed by atoms with Crippen molar-refractivity contribution in [1.82, 2.24) is 52.2 Å². The zero-order chi connectivity index (χ0) is 66.5. The molecule has 0 radical (unpaired) electrons. The lowest BCUT2D eigenvalue weighted by Gasteiger charge is -2.39. The van der Waals surface area contributed by atoms with E-state index in [1.807, 2.05) is 46.6 Å². The normalized spacial score (nSPS) is 16.2. The predicted molar refractivity (Wildman–Crippen MR) is 331 cm³/mol. The number of nitrogens with one attached hydrogen (secondary N) is 7. The van der Waals surface area contributed by atoms with Gasteiger partial charge in [0.2, 0.25) is 41.4 Å². The number of carbonyl (C=O) groups is 12. The van der Waals surface area contributed by atoms with Crippen molar-refractivity contribution in [1.29, 1.82) is 0 Å². The van der Waals surface area contributed by atoms with Crippen molar-refractivity contribution in [3.05, 3.63) is 45.9 Å². The minimum atomic E-state index is -1.65. The third-order valence-corrected chi connectivity index (χ3v) is 17.7. The summed E-state index contributed by atoms with van der Waals surface area (Å²) in [5.74, 6) is -9.65. The Morgan fingerprint density at radius 3 is 2.16 bits per heavy atom. The molecule has 0 saturated carbocycles. The number of likely N-dealkylation sites (tertiary alicyclic amines) is 1. The number of benzene rings is 1. The SMILES string of the molecule is CCCC(=O)OCN(C(=O)[C@@H](NC(=O)[C@H]1CCCCN1C)C(C)CC)[C@H](C[C@@H](OC(C)=O)c1nc(C(=O)N[C@@H](Cc2ccc(O)cc2)C[C@H](C)C(=O)NNC(=O)OCCSSC[C@H](NC(=O)[C@H](CC(=O)O)NC(=O)[C@@H](N)CNC(C)=O)C(N)=O)cs1)C(C)C. The van der Waals surface area contributed by atoms with Gasteiger partial charge in [0.15, 0.2) is 12.8 Å². The van der Waals surface area contributed by atoms with E-state index in [1.165, 1.54) is 36.3 Å². The van der Waals surface area contributed by atoms with Crippen molar-refractivity contribution in [3.8, 4) is 5.75 Å². The smallest absolute Gasteiger partial charge is 0.426 e. The fourth-order valence-corrected chi connectivity index (χ4v) is 12.0. The standard InChI is InChI=1S/C57H88N12O17S3/c1-10-14-47(75)85-30-69(56(82)48(32(5)11-2)65-54(81)43-15-12-13-20-68(43)9)44(31(3)4)26-45(86-35(8)71)55-64-42(28-87-55)53(80)61-37(24-36-16-18-38(72)19-17-36)23-33(6)50(77)66-67-57(83)84-21-22-88-89-29-41(49(59)76)63-52(79)40(25-46(73)74)62-51(78)39(58)27-60-34(7)70/h16-19,28,31-33,37,39-41,43-45,48,72H,10-15,20-27,29-30,58H2,1-9H3,(H2,59,76)(H,60,70)(H,61,80)(H,62,78)(H,63,79)(H,65,81)(H,66,77)(H,67,83)(H,73,74)/t32?,33-,37+,39-,40-,41-,43+,44+,45+,48-/m0/s1. The van der Waals surface area contributed by atoms with E-state index in [1.54, 1.807) is 19.1 Å². The van der Waals surface area contributed by atoms with Crippen LogP contribution in [0.4, 0.5) is 4.79 Å². The molecular formula is C57H88N12O17S3. The zero-order valence-electron chi connectivity index (χ0n) is 51.8. The number of phenolic OH excluding ortho intramolecular Hbond substituents is 1. The number of carboxylic acids is 1. The second-order valence-corrected chi connectivity index (χ2v) is 25.5. The molecule has 89 heavy (non-hydrogen) atoms. The Morgan fingerprint density at radius 2 is 1.55 bits per heavy atom. The van der Waals surface area contributed by atoms with Crippen LogP contribution in [0.5, 0.6) is 5.75 Å². The number of aliphatic carboxylic acids is 1. The molecular weight excluding hydrogens is 1220 g/mol. The van der Waals surface area contributed by atoms with Crippen molar-refractivity contribution in [2.45, 2.75) is 168 Å². The number of aromatic nitrogens is 1. The molecule has 9 amide bonds. The van der Waals surface area contributed by atoms with Crippen molar-refractivity contribution in [2.24, 2.45) is 29.2 Å². The highest BCUT2D eigenvalue weighted by Crippen LogP contribution is 2.32. The van der Waals surface area contributed by atoms with Gasteiger partial charge in [-0.3, -0.25) is 63.1 Å². The van der Waals surface area contributed by atoms with Crippen LogP contribution >= 0.6 is 32.9 Å². The third kappa shape index (κ3) is 27.1. The van der Waals surface area contributed by atoms with E-state index in [-0.39, 0.29) is 84.5 Å². The highest BCUT2D eigenvalue weighted by atomic mass is 33.1. The van der Waals surface area contributed by atoms with Crippen molar-refractivity contribution in [3.63, 3.8) is 0 Å². The van der Waals surface area contributed by atoms with Gasteiger partial charge in [0.25, 0.3) is 5.91 Å². The number of esters is 2. The number of thiazole rings is 1. The number of carboxylic acid groups (broad SMARTS) is 1. The summed E-state index contributed by atoms with van der Waals surface area (Å²) in [6.45, 7) is 13.1. The number of likely N-dealkylation sites (N-methyl/N-ethyl adjacent to an activating group) is 1. The minimum absolute atomic E-state index is 0.000666. The van der Waals surface area contributed by atoms with Gasteiger partial charge in [-0.1, -0.05) is 88.1 Å². The van der Waals surface area contributed by atoms with Gasteiger partial charge in [0, 0.05) is 68.1 Å². The Morgan fingerprint density at radius 1 is 0.865 bits per heavy atom. The van der Waals surface area contributed by atoms with Crippen LogP contribution in [0.15, 0.2) is 29.6 Å². The zero-order valence-corrected chi connectivity index (χ0v) is 54.2. The molecule has 1 aliphatic rings. The topological polar surface area (TPSA) is 429 Å². The number of phenols is 1. The number of hydrazine groups is 1. The molecule has 29 nitrogen and oxygen atoms in total. The molecule has 2 heterocycles. The Labute approximate surface area is 529 Å². The molecule has 3 rings (SSSR count). The first-order chi connectivity index (χ1) is 42.0. The summed E-state index contributed by atoms with van der Waals surface area (Å²) in [5.41, 5.74) is 16.3. The third-order valence-electron chi connectivity index (χ3n) is 14.3. The summed E-state index contributed by atoms with van der Waals surface area (Å²) in [6.07, 6.45) is 0.726. The molecule has 1 aromatic carbocycles. The fraction of sp³-hybridized carbons (Fsp3) is 0.632. The van der Waals surface area contributed by atoms with Crippen molar-refractivity contribution >= 4 is 104 Å². The van der Waals surface area contributed by atoms with Gasteiger partial charge in [-0.2, -0.15) is 0 Å². The van der Waals surface area contributed by atoms with E-state index in [0.717, 1.165) is 52.3 Å². The van der Waals surface area contributed by atoms with Crippen LogP contribution in [-0.4, -0.2) is 184 Å². The molecule has 1 aromatic heterocycles. The summed E-state index contributed by atoms with van der Waals surface area (Å²) in [6, 6.07) is -1.01. The van der Waals surface area contributed by atoms with Crippen LogP contribution in [0, 0.1) is 17.8 Å². The summed E-state index contributed by atoms with van der Waals surface area (Å²) < 4.78 is 16.7. The molecule has 1 unspecified atom stereocenters. The van der Waals surface area contributed by atoms with Gasteiger partial charge >= 0.3 is 24.0 Å². The van der Waals surface area contributed by atoms with Gasteiger partial charge in [0.05, 0.1) is 12.5 Å². The first-order valence-electron chi connectivity index (χ1n) is 29.3. The van der Waals surface area contributed by atoms with Gasteiger partial charge in [-0.15, -0.1) is 11.3 Å². The number of rotatable bonds is 37. The molecule has 0 spiro atoms. The Hall–Kier alpha value is -7.29. The maximum absolute atomic E-state index is 15.0. The minimum Gasteiger partial charge on any atom is -0.508 e. The second-order valence-electron chi connectivity index (χ2n) is 22.0. The first kappa shape index (κ1) is 76.0. The molecule has 13 N–H and O–H groups in total. The number of amides is 9. The lowest BCUT2D eigenvalue weighted by atomic mass is 9.92. The van der Waals surface area contributed by atoms with Crippen LogP contribution in [0.2, 0.25) is 0 Å². The molecule has 10 atom stereocenters. The number of primary amides is 1. The number of ether oxygens (including phenoxy) is 3. The second kappa shape index (κ2) is 39.0. The molecule has 0 aliphatic carbocycles. The van der Waals surface area contributed by atoms with Gasteiger partial charge in [-0.25, -0.2) is 15.2 Å². The lowest BCUT2D eigenvalue weighted by molar-refractivity contribution is -0.160. The van der Waals surface area contributed by atoms with E-state index in [9.17, 15) is 67.7 Å². The molecule has 1 aliphatic heterocycles. The summed E-state index contributed by atoms with van der Waals surface area (Å²) >= 11 is 1.03. The molecule has 1 fully saturated rings. The summed E-state index contributed by atoms with van der Waals surface area (Å²) in [5, 5.41) is 33.8. The Bertz CT molecular complexity index is 2720. The Balaban J connectivity index is 1.70. The van der Waals surface area contributed by atoms with Gasteiger partial charge < -0.3 is 67.4 Å². The number of hydrogen-bond donors (Lipinski definition) is 11. The highest BCUT2D eigenvalue weighted by Gasteiger charge is 2.40. The number of piperidine rings is 1. The van der Waals surface area contributed by atoms with Gasteiger partial charge in [-0.05, 0) is 75.2 Å². The molecule has 0 bridgehead atoms. The molecule has 496 valence electrons. The quantitative estimate of drug-likeness (QED) is 0.0115. The average Bonchev–Trinajstić information content (AvgIpc) is 2.22. The summed E-state index contributed by atoms with van der Waals surface area (Å²) in [7, 11) is 4.03. The number of nitrogens with two attached hydrogens (primary N) is 2. The maximum Gasteiger partial charge on any atom is 0.426 e. The van der Waals surface area contributed by atoms with Crippen LogP contribution < -0.4 is 48.9 Å². The van der Waals surface area contributed by atoms with Crippen LogP contribution in [0.25, 0.3) is 0 Å². The maximum atomic E-state index is 15.0. The number of hydrogen-bond acceptors (Lipinski definition) is 22. The molecule has 2 aromatic rings. The van der Waals surface area contributed by atoms with Crippen LogP contribution in [0.3, 0.4) is 0 Å². The van der Waals surface area contributed by atoms with Crippen LogP contribution in [0.1, 0.15) is 140 Å². The number of nitrogens with zero attached hydrogens (tertiary/aromatic N) is 3. The van der Waals surface area contributed by atoms with E-state index in [2.05, 4.69) is 42.4 Å². The van der Waals surface area contributed by atoms with Crippen molar-refractivity contribution < 1.29 is 82.0 Å². The van der Waals surface area contributed by atoms with Crippen LogP contribution in [-0.2, 0) is 68.6 Å². The average molecular weight is 1310 g/mol. The van der Waals surface area contributed by atoms with E-state index in [0.29, 0.717) is 24.8 Å². The number of aromatic hydroxyl groups is 1. The first-order valence-corrected chi connectivity index (χ1v) is 32.7. The monoisotopic (exact) mass is 1310 g/mol. The largest absolute Gasteiger partial charge is 0.508 e. The lowest BCUT2D eigenvalue weighted by Crippen LogP contribution is -2.59. The van der Waals surface area contributed by atoms with E-state index >= 15 is 0 Å². The summed E-state index contributed by atoms with van der Waals surface area (Å²) in [4.78, 5) is 163.